The fraction of sp³-hybridized carbons (Fsp3) is 0.261. The van der Waals surface area contributed by atoms with Crippen LogP contribution in [0.3, 0.4) is 0 Å². The molecule has 152 valence electrons. The maximum Gasteiger partial charge on any atom is 0.258 e. The summed E-state index contributed by atoms with van der Waals surface area (Å²) in [4.78, 5) is 32.8. The zero-order chi connectivity index (χ0) is 20.8. The fourth-order valence-corrected chi connectivity index (χ4v) is 5.15. The Morgan fingerprint density at radius 2 is 2.00 bits per heavy atom. The molecule has 1 aliphatic heterocycles. The lowest BCUT2D eigenvalue weighted by molar-refractivity contribution is -0.119. The van der Waals surface area contributed by atoms with Crippen LogP contribution < -0.4 is 10.2 Å². The maximum atomic E-state index is 12.6. The summed E-state index contributed by atoms with van der Waals surface area (Å²) in [6.07, 6.45) is 2.92. The average molecular weight is 482 g/mol. The van der Waals surface area contributed by atoms with Crippen LogP contribution >= 0.6 is 27.3 Å². The first-order chi connectivity index (χ1) is 14.5. The molecule has 1 saturated carbocycles. The van der Waals surface area contributed by atoms with E-state index in [0.717, 1.165) is 52.1 Å². The second-order valence-corrected chi connectivity index (χ2v) is 9.77. The second kappa shape index (κ2) is 7.63. The van der Waals surface area contributed by atoms with Crippen molar-refractivity contribution in [2.75, 3.05) is 16.8 Å². The van der Waals surface area contributed by atoms with E-state index in [4.69, 9.17) is 0 Å². The van der Waals surface area contributed by atoms with E-state index >= 15 is 0 Å². The highest BCUT2D eigenvalue weighted by atomic mass is 79.9. The molecule has 0 saturated heterocycles. The fourth-order valence-electron chi connectivity index (χ4n) is 3.86. The van der Waals surface area contributed by atoms with Gasteiger partial charge in [0.15, 0.2) is 5.13 Å². The predicted molar refractivity (Wildman–Crippen MR) is 123 cm³/mol. The molecule has 0 spiro atoms. The number of carbonyl (C=O) groups is 2. The van der Waals surface area contributed by atoms with Gasteiger partial charge in [0.1, 0.15) is 0 Å². The van der Waals surface area contributed by atoms with Gasteiger partial charge in [0, 0.05) is 33.1 Å². The lowest BCUT2D eigenvalue weighted by Gasteiger charge is -2.17. The number of hydrogen-bond acceptors (Lipinski definition) is 4. The van der Waals surface area contributed by atoms with E-state index in [0.29, 0.717) is 10.7 Å². The molecule has 0 atom stereocenters. The SMILES string of the molecule is Cc1sc(NC(=O)c2ccccc2Br)nc1-c1ccc2c(c1)CCN2C(=O)C1CC1. The topological polar surface area (TPSA) is 62.3 Å². The highest BCUT2D eigenvalue weighted by Gasteiger charge is 2.36. The van der Waals surface area contributed by atoms with E-state index in [9.17, 15) is 9.59 Å². The smallest absolute Gasteiger partial charge is 0.258 e. The number of carbonyl (C=O) groups excluding carboxylic acids is 2. The third kappa shape index (κ3) is 3.56. The van der Waals surface area contributed by atoms with Crippen molar-refractivity contribution < 1.29 is 9.59 Å². The minimum absolute atomic E-state index is 0.189. The van der Waals surface area contributed by atoms with Gasteiger partial charge in [0.05, 0.1) is 11.3 Å². The molecule has 2 amide bonds. The molecule has 2 aromatic carbocycles. The Labute approximate surface area is 187 Å². The largest absolute Gasteiger partial charge is 0.312 e. The van der Waals surface area contributed by atoms with Crippen molar-refractivity contribution in [3.8, 4) is 11.3 Å². The van der Waals surface area contributed by atoms with Crippen molar-refractivity contribution in [3.05, 3.63) is 62.9 Å². The molecule has 0 radical (unpaired) electrons. The minimum Gasteiger partial charge on any atom is -0.312 e. The van der Waals surface area contributed by atoms with Gasteiger partial charge in [-0.3, -0.25) is 14.9 Å². The zero-order valence-electron chi connectivity index (χ0n) is 16.4. The van der Waals surface area contributed by atoms with Gasteiger partial charge in [-0.2, -0.15) is 0 Å². The molecule has 30 heavy (non-hydrogen) atoms. The normalized spacial score (nSPS) is 15.2. The number of nitrogens with one attached hydrogen (secondary N) is 1. The number of hydrogen-bond donors (Lipinski definition) is 1. The van der Waals surface area contributed by atoms with E-state index in [1.807, 2.05) is 42.2 Å². The third-order valence-corrected chi connectivity index (χ3v) is 7.15. The minimum atomic E-state index is -0.189. The van der Waals surface area contributed by atoms with Crippen LogP contribution in [0.2, 0.25) is 0 Å². The first kappa shape index (κ1) is 19.5. The Morgan fingerprint density at radius 1 is 1.20 bits per heavy atom. The molecule has 3 aromatic rings. The van der Waals surface area contributed by atoms with Crippen molar-refractivity contribution in [3.63, 3.8) is 0 Å². The van der Waals surface area contributed by atoms with Crippen molar-refractivity contribution in [2.24, 2.45) is 5.92 Å². The lowest BCUT2D eigenvalue weighted by Crippen LogP contribution is -2.30. The van der Waals surface area contributed by atoms with Crippen molar-refractivity contribution >= 4 is 49.9 Å². The summed E-state index contributed by atoms with van der Waals surface area (Å²) in [6.45, 7) is 2.77. The number of nitrogens with zero attached hydrogens (tertiary/aromatic N) is 2. The summed E-state index contributed by atoms with van der Waals surface area (Å²) >= 11 is 4.88. The van der Waals surface area contributed by atoms with Crippen LogP contribution in [0.4, 0.5) is 10.8 Å². The number of amides is 2. The summed E-state index contributed by atoms with van der Waals surface area (Å²) in [5.41, 5.74) is 4.69. The van der Waals surface area contributed by atoms with Crippen LogP contribution in [0.1, 0.15) is 33.6 Å². The average Bonchev–Trinajstić information content (AvgIpc) is 3.40. The van der Waals surface area contributed by atoms with Gasteiger partial charge in [-0.25, -0.2) is 4.98 Å². The van der Waals surface area contributed by atoms with Crippen molar-refractivity contribution in [2.45, 2.75) is 26.2 Å². The zero-order valence-corrected chi connectivity index (χ0v) is 18.8. The van der Waals surface area contributed by atoms with Gasteiger partial charge in [-0.15, -0.1) is 11.3 Å². The Balaban J connectivity index is 1.38. The van der Waals surface area contributed by atoms with E-state index in [-0.39, 0.29) is 17.7 Å². The molecular weight excluding hydrogens is 462 g/mol. The van der Waals surface area contributed by atoms with Crippen LogP contribution in [0.15, 0.2) is 46.9 Å². The molecule has 0 bridgehead atoms. The summed E-state index contributed by atoms with van der Waals surface area (Å²) in [5.74, 6) is 0.307. The first-order valence-electron chi connectivity index (χ1n) is 9.99. The van der Waals surface area contributed by atoms with Gasteiger partial charge >= 0.3 is 0 Å². The Morgan fingerprint density at radius 3 is 2.77 bits per heavy atom. The molecular formula is C23H20BrN3O2S. The number of benzene rings is 2. The van der Waals surface area contributed by atoms with Crippen LogP contribution in [-0.4, -0.2) is 23.3 Å². The highest BCUT2D eigenvalue weighted by molar-refractivity contribution is 9.10. The summed E-state index contributed by atoms with van der Waals surface area (Å²) in [5, 5.41) is 3.49. The predicted octanol–water partition coefficient (Wildman–Crippen LogP) is 5.43. The van der Waals surface area contributed by atoms with Crippen LogP contribution in [-0.2, 0) is 11.2 Å². The Kier molecular flexibility index (Phi) is 4.95. The summed E-state index contributed by atoms with van der Waals surface area (Å²) < 4.78 is 0.750. The van der Waals surface area contributed by atoms with Crippen molar-refractivity contribution in [1.29, 1.82) is 0 Å². The monoisotopic (exact) mass is 481 g/mol. The number of fused-ring (bicyclic) bond motifs is 1. The number of halogens is 1. The molecule has 0 unspecified atom stereocenters. The number of aryl methyl sites for hydroxylation is 1. The molecule has 2 aliphatic rings. The molecule has 7 heteroatoms. The Bertz CT molecular complexity index is 1170. The maximum absolute atomic E-state index is 12.6. The molecule has 5 rings (SSSR count). The third-order valence-electron chi connectivity index (χ3n) is 5.58. The van der Waals surface area contributed by atoms with E-state index in [2.05, 4.69) is 32.3 Å². The number of thiazole rings is 1. The standard InChI is InChI=1S/C23H20BrN3O2S/c1-13-20(25-23(30-13)26-21(28)17-4-2-3-5-18(17)24)16-8-9-19-15(12-16)10-11-27(19)22(29)14-6-7-14/h2-5,8-9,12,14H,6-7,10-11H2,1H3,(H,25,26,28). The number of anilines is 2. The number of rotatable bonds is 4. The van der Waals surface area contributed by atoms with Gasteiger partial charge < -0.3 is 4.90 Å². The number of aromatic nitrogens is 1. The van der Waals surface area contributed by atoms with E-state index in [1.165, 1.54) is 16.9 Å². The van der Waals surface area contributed by atoms with Gasteiger partial charge in [-0.05, 0) is 71.9 Å². The molecule has 2 heterocycles. The van der Waals surface area contributed by atoms with Crippen LogP contribution in [0.25, 0.3) is 11.3 Å². The quantitative estimate of drug-likeness (QED) is 0.539. The molecule has 1 aliphatic carbocycles. The lowest BCUT2D eigenvalue weighted by atomic mass is 10.1. The molecule has 5 nitrogen and oxygen atoms in total. The highest BCUT2D eigenvalue weighted by Crippen LogP contribution is 2.39. The van der Waals surface area contributed by atoms with Crippen LogP contribution in [0.5, 0.6) is 0 Å². The molecule has 1 aromatic heterocycles. The summed E-state index contributed by atoms with van der Waals surface area (Å²) in [7, 11) is 0. The Hall–Kier alpha value is -2.51. The van der Waals surface area contributed by atoms with Gasteiger partial charge in [-0.1, -0.05) is 18.2 Å². The molecule has 1 fully saturated rings. The van der Waals surface area contributed by atoms with Gasteiger partial charge in [0.2, 0.25) is 5.91 Å². The summed E-state index contributed by atoms with van der Waals surface area (Å²) in [6, 6.07) is 13.5. The first-order valence-corrected chi connectivity index (χ1v) is 11.6. The second-order valence-electron chi connectivity index (χ2n) is 7.72. The van der Waals surface area contributed by atoms with Crippen molar-refractivity contribution in [1.82, 2.24) is 4.98 Å². The van der Waals surface area contributed by atoms with E-state index < -0.39 is 0 Å². The van der Waals surface area contributed by atoms with Gasteiger partial charge in [0.25, 0.3) is 5.91 Å². The molecule has 1 N–H and O–H groups in total. The van der Waals surface area contributed by atoms with E-state index in [1.54, 1.807) is 6.07 Å². The van der Waals surface area contributed by atoms with Crippen LogP contribution in [0, 0.1) is 12.8 Å².